The van der Waals surface area contributed by atoms with Gasteiger partial charge in [-0.3, -0.25) is 15.0 Å². The zero-order valence-electron chi connectivity index (χ0n) is 26.9. The first-order valence-corrected chi connectivity index (χ1v) is 15.9. The Morgan fingerprint density at radius 1 is 1.30 bits per heavy atom. The summed E-state index contributed by atoms with van der Waals surface area (Å²) < 4.78 is 5.30. The number of methoxy groups -OCH3 is 1. The number of anilines is 1. The summed E-state index contributed by atoms with van der Waals surface area (Å²) in [6, 6.07) is 5.59. The highest BCUT2D eigenvalue weighted by atomic mass is 16.5. The standard InChI is InChI=1S/C34H48N8O2/c1-6-26(31-16-28(40-13-11-34(3,43)12-14-40)20-39-38-19-27(17-35)24(31)2)8-9-32(36-4)41-22-29-15-30(23-41)42(29)21-25-7-10-33(44-5)37-18-25/h7-10,16,19-20,26,29-30,37,39,43H,6,11-15,18,21-23H2,1-5H3/b9-8-,27-24?,28-20?,31-16?,36-32+,38-19?. The van der Waals surface area contributed by atoms with Crippen LogP contribution in [0.25, 0.3) is 0 Å². The van der Waals surface area contributed by atoms with Crippen LogP contribution in [0, 0.1) is 18.3 Å². The molecule has 1 aromatic heterocycles. The predicted molar refractivity (Wildman–Crippen MR) is 175 cm³/mol. The fourth-order valence-corrected chi connectivity index (χ4v) is 6.80. The van der Waals surface area contributed by atoms with Gasteiger partial charge in [0, 0.05) is 70.5 Å². The maximum atomic E-state index is 10.5. The second kappa shape index (κ2) is 13.9. The summed E-state index contributed by atoms with van der Waals surface area (Å²) in [6.45, 7) is 11.4. The Kier molecular flexibility index (Phi) is 9.97. The first-order chi connectivity index (χ1) is 21.2. The molecule has 0 saturated carbocycles. The molecule has 4 saturated heterocycles. The first kappa shape index (κ1) is 31.6. The zero-order valence-corrected chi connectivity index (χ0v) is 26.9. The summed E-state index contributed by atoms with van der Waals surface area (Å²) in [5.74, 6) is 1.92. The van der Waals surface area contributed by atoms with Crippen molar-refractivity contribution in [3.05, 3.63) is 70.9 Å². The molecular weight excluding hydrogens is 552 g/mol. The van der Waals surface area contributed by atoms with E-state index in [9.17, 15) is 10.4 Å². The third kappa shape index (κ3) is 7.11. The second-order valence-electron chi connectivity index (χ2n) is 12.7. The van der Waals surface area contributed by atoms with Crippen LogP contribution in [0.15, 0.2) is 59.2 Å². The summed E-state index contributed by atoms with van der Waals surface area (Å²) in [5, 5.41) is 31.1. The van der Waals surface area contributed by atoms with Gasteiger partial charge in [-0.2, -0.15) is 10.4 Å². The normalized spacial score (nSPS) is 24.0. The number of nitrogens with zero attached hydrogens (tertiary/aromatic N) is 6. The van der Waals surface area contributed by atoms with Gasteiger partial charge in [-0.25, -0.2) is 0 Å². The van der Waals surface area contributed by atoms with Crippen LogP contribution in [0.5, 0.6) is 0 Å². The molecule has 236 valence electrons. The highest BCUT2D eigenvalue weighted by Gasteiger charge is 2.45. The van der Waals surface area contributed by atoms with E-state index in [0.717, 1.165) is 74.2 Å². The van der Waals surface area contributed by atoms with Gasteiger partial charge >= 0.3 is 0 Å². The van der Waals surface area contributed by atoms with Crippen LogP contribution >= 0.6 is 0 Å². The number of nitriles is 1. The number of fused-ring (bicyclic) bond motifs is 2. The number of H-pyrrole nitrogens is 1. The lowest BCUT2D eigenvalue weighted by atomic mass is 9.86. The number of aliphatic imine (C=N–C) groups is 1. The molecule has 4 fully saturated rings. The molecule has 0 radical (unpaired) electrons. The van der Waals surface area contributed by atoms with Crippen LogP contribution in [0.3, 0.4) is 0 Å². The number of hydrogen-bond donors (Lipinski definition) is 3. The molecule has 0 amide bonds. The number of allylic oxidation sites excluding steroid dienone is 3. The van der Waals surface area contributed by atoms with E-state index in [0.29, 0.717) is 30.5 Å². The number of dihydropyridines is 1. The monoisotopic (exact) mass is 600 g/mol. The third-order valence-corrected chi connectivity index (χ3v) is 9.73. The van der Waals surface area contributed by atoms with Crippen LogP contribution in [-0.2, 0) is 4.74 Å². The molecule has 10 heteroatoms. The van der Waals surface area contributed by atoms with Crippen molar-refractivity contribution in [2.24, 2.45) is 4.99 Å². The van der Waals surface area contributed by atoms with E-state index < -0.39 is 5.60 Å². The van der Waals surface area contributed by atoms with Gasteiger partial charge in [0.05, 0.1) is 30.2 Å². The molecule has 3 atom stereocenters. The third-order valence-electron chi connectivity index (χ3n) is 9.73. The van der Waals surface area contributed by atoms with E-state index in [-0.39, 0.29) is 5.92 Å². The first-order valence-electron chi connectivity index (χ1n) is 15.9. The molecule has 1 aromatic rings. The van der Waals surface area contributed by atoms with Gasteiger partial charge in [0.2, 0.25) is 0 Å². The summed E-state index contributed by atoms with van der Waals surface area (Å²) in [4.78, 5) is 12.1. The summed E-state index contributed by atoms with van der Waals surface area (Å²) in [5.41, 5.74) is 4.33. The van der Waals surface area contributed by atoms with Crippen molar-refractivity contribution in [2.75, 3.05) is 58.3 Å². The minimum Gasteiger partial charge on any atom is -0.483 e. The number of amidine groups is 1. The summed E-state index contributed by atoms with van der Waals surface area (Å²) in [6.07, 6.45) is 15.7. The Morgan fingerprint density at radius 3 is 2.66 bits per heavy atom. The van der Waals surface area contributed by atoms with Crippen LogP contribution in [-0.4, -0.2) is 102 Å². The molecule has 6 rings (SSSR count). The average Bonchev–Trinajstić information content (AvgIpc) is 3.11. The molecule has 44 heavy (non-hydrogen) atoms. The van der Waals surface area contributed by atoms with E-state index in [2.05, 4.69) is 67.5 Å². The molecule has 2 bridgehead atoms. The predicted octanol–water partition coefficient (Wildman–Crippen LogP) is 3.92. The van der Waals surface area contributed by atoms with E-state index in [1.807, 2.05) is 33.2 Å². The van der Waals surface area contributed by atoms with Crippen molar-refractivity contribution < 1.29 is 9.84 Å². The van der Waals surface area contributed by atoms with Crippen molar-refractivity contribution in [3.63, 3.8) is 0 Å². The number of ether oxygens (including phenoxy) is 1. The lowest BCUT2D eigenvalue weighted by molar-refractivity contribution is -0.0402. The van der Waals surface area contributed by atoms with Gasteiger partial charge in [0.25, 0.3) is 0 Å². The van der Waals surface area contributed by atoms with Crippen molar-refractivity contribution >= 4 is 11.5 Å². The van der Waals surface area contributed by atoms with Gasteiger partial charge in [0.15, 0.2) is 5.88 Å². The minimum absolute atomic E-state index is 0.0875. The molecule has 0 aromatic carbocycles. The zero-order chi connectivity index (χ0) is 31.3. The number of piperazine rings is 1. The van der Waals surface area contributed by atoms with Crippen molar-refractivity contribution in [1.29, 1.82) is 5.26 Å². The molecule has 5 aliphatic rings. The van der Waals surface area contributed by atoms with E-state index in [4.69, 9.17) is 9.73 Å². The van der Waals surface area contributed by atoms with Gasteiger partial charge in [-0.15, -0.1) is 0 Å². The van der Waals surface area contributed by atoms with Crippen LogP contribution < -0.4 is 10.2 Å². The van der Waals surface area contributed by atoms with E-state index >= 15 is 0 Å². The Labute approximate surface area is 262 Å². The number of aliphatic hydroxyl groups is 1. The number of nitrogens with one attached hydrogen (secondary N) is 2. The minimum atomic E-state index is -0.635. The van der Waals surface area contributed by atoms with Crippen LogP contribution in [0.4, 0.5) is 5.69 Å². The molecule has 0 spiro atoms. The van der Waals surface area contributed by atoms with Gasteiger partial charge in [0.1, 0.15) is 11.9 Å². The fraction of sp³-hybridized carbons (Fsp3) is 0.559. The number of piperidine rings is 2. The Bertz CT molecular complexity index is 1390. The lowest BCUT2D eigenvalue weighted by Crippen LogP contribution is -2.69. The number of aromatic amines is 1. The van der Waals surface area contributed by atoms with E-state index in [1.165, 1.54) is 12.0 Å². The van der Waals surface area contributed by atoms with Crippen LogP contribution in [0.2, 0.25) is 0 Å². The SMILES string of the molecule is CCC(/C=C\C(=N/C)N1CC2CC(C1)N2CC1=CC=C(OC)NC1)c1cc(N2CCC(C)(O)CC2)c[nH]ncc(C#N)c1C. The Morgan fingerprint density at radius 2 is 2.05 bits per heavy atom. The van der Waals surface area contributed by atoms with Gasteiger partial charge in [-0.05, 0) is 74.4 Å². The van der Waals surface area contributed by atoms with Crippen LogP contribution in [0.1, 0.15) is 62.1 Å². The summed E-state index contributed by atoms with van der Waals surface area (Å²) in [7, 11) is 3.57. The second-order valence-corrected chi connectivity index (χ2v) is 12.7. The molecule has 6 heterocycles. The average molecular weight is 601 g/mol. The largest absolute Gasteiger partial charge is 0.483 e. The van der Waals surface area contributed by atoms with Crippen molar-refractivity contribution in [3.8, 4) is 6.07 Å². The molecule has 0 aliphatic carbocycles. The number of rotatable bonds is 8. The molecule has 10 nitrogen and oxygen atoms in total. The highest BCUT2D eigenvalue weighted by Crippen LogP contribution is 2.34. The maximum Gasteiger partial charge on any atom is 0.186 e. The number of aromatic nitrogens is 2. The molecular formula is C34H48N8O2. The van der Waals surface area contributed by atoms with Crippen molar-refractivity contribution in [2.45, 2.75) is 70.1 Å². The topological polar surface area (TPSA) is 116 Å². The fourth-order valence-electron chi connectivity index (χ4n) is 6.80. The van der Waals surface area contributed by atoms with Gasteiger partial charge in [-0.1, -0.05) is 19.1 Å². The summed E-state index contributed by atoms with van der Waals surface area (Å²) >= 11 is 0. The highest BCUT2D eigenvalue weighted by molar-refractivity contribution is 5.93. The molecule has 3 unspecified atom stereocenters. The van der Waals surface area contributed by atoms with Crippen molar-refractivity contribution in [1.82, 2.24) is 25.3 Å². The quantitative estimate of drug-likeness (QED) is 0.304. The maximum absolute atomic E-state index is 10.5. The van der Waals surface area contributed by atoms with Gasteiger partial charge < -0.3 is 25.0 Å². The smallest absolute Gasteiger partial charge is 0.186 e. The Hall–Kier alpha value is -3.81. The molecule has 3 N–H and O–H groups in total. The lowest BCUT2D eigenvalue weighted by Gasteiger charge is -2.57. The number of hydrogen-bond acceptors (Lipinski definition) is 8. The van der Waals surface area contributed by atoms with E-state index in [1.54, 1.807) is 13.3 Å². The Balaban J connectivity index is 1.34. The molecule has 5 aliphatic heterocycles.